The van der Waals surface area contributed by atoms with E-state index in [-0.39, 0.29) is 21.5 Å². The number of methoxy groups -OCH3 is 1. The van der Waals surface area contributed by atoms with Crippen molar-refractivity contribution in [2.75, 3.05) is 23.3 Å². The number of hydrogen-bond acceptors (Lipinski definition) is 6. The Morgan fingerprint density at radius 3 is 2.44 bits per heavy atom. The second-order valence-corrected chi connectivity index (χ2v) is 11.4. The second kappa shape index (κ2) is 10.2. The first-order valence-corrected chi connectivity index (χ1v) is 13.5. The highest BCUT2D eigenvalue weighted by Gasteiger charge is 2.29. The van der Waals surface area contributed by atoms with Gasteiger partial charge in [-0.25, -0.2) is 8.42 Å². The molecule has 0 unspecified atom stereocenters. The van der Waals surface area contributed by atoms with Crippen LogP contribution in [0.1, 0.15) is 25.5 Å². The van der Waals surface area contributed by atoms with Crippen LogP contribution in [-0.2, 0) is 14.8 Å². The molecule has 3 aromatic carbocycles. The van der Waals surface area contributed by atoms with Gasteiger partial charge in [0.2, 0.25) is 5.91 Å². The molecule has 0 aliphatic carbocycles. The number of amides is 1. The number of hydrogen-bond donors (Lipinski definition) is 1. The monoisotopic (exact) mass is 525 g/mol. The lowest BCUT2D eigenvalue weighted by atomic mass is 10.2. The van der Waals surface area contributed by atoms with Crippen LogP contribution in [-0.4, -0.2) is 32.5 Å². The summed E-state index contributed by atoms with van der Waals surface area (Å²) in [6.07, 6.45) is 0. The summed E-state index contributed by atoms with van der Waals surface area (Å²) in [6.45, 7) is 5.26. The molecular weight excluding hydrogens is 498 g/mol. The van der Waals surface area contributed by atoms with Crippen molar-refractivity contribution in [1.29, 1.82) is 0 Å². The van der Waals surface area contributed by atoms with Gasteiger partial charge in [0.25, 0.3) is 10.0 Å². The zero-order chi connectivity index (χ0) is 26.0. The largest absolute Gasteiger partial charge is 0.495 e. The van der Waals surface area contributed by atoms with Crippen molar-refractivity contribution in [1.82, 2.24) is 4.57 Å². The fourth-order valence-electron chi connectivity index (χ4n) is 3.91. The average Bonchev–Trinajstić information content (AvgIpc) is 3.17. The third-order valence-corrected chi connectivity index (χ3v) is 8.36. The van der Waals surface area contributed by atoms with Crippen LogP contribution >= 0.6 is 11.3 Å². The number of carbonyl (C=O) groups is 1. The number of carbonyl (C=O) groups excluding carboxylic acids is 1. The van der Waals surface area contributed by atoms with Crippen LogP contribution in [0.3, 0.4) is 0 Å². The summed E-state index contributed by atoms with van der Waals surface area (Å²) >= 11 is 1.10. The molecule has 4 rings (SSSR count). The first-order valence-electron chi connectivity index (χ1n) is 11.3. The summed E-state index contributed by atoms with van der Waals surface area (Å²) in [4.78, 5) is 25.5. The first kappa shape index (κ1) is 25.5. The third-order valence-electron chi connectivity index (χ3n) is 5.66. The maximum Gasteiger partial charge on any atom is 0.308 e. The van der Waals surface area contributed by atoms with E-state index in [9.17, 15) is 18.0 Å². The molecule has 0 atom stereocenters. The van der Waals surface area contributed by atoms with Crippen LogP contribution in [0.5, 0.6) is 5.75 Å². The predicted molar refractivity (Wildman–Crippen MR) is 144 cm³/mol. The maximum atomic E-state index is 13.6. The minimum atomic E-state index is -4.09. The zero-order valence-corrected chi connectivity index (χ0v) is 22.0. The number of aryl methyl sites for hydroxylation is 1. The Morgan fingerprint density at radius 2 is 1.78 bits per heavy atom. The van der Waals surface area contributed by atoms with Crippen molar-refractivity contribution < 1.29 is 17.9 Å². The van der Waals surface area contributed by atoms with Crippen molar-refractivity contribution >= 4 is 48.9 Å². The summed E-state index contributed by atoms with van der Waals surface area (Å²) < 4.78 is 36.1. The molecule has 8 nitrogen and oxygen atoms in total. The van der Waals surface area contributed by atoms with E-state index in [0.717, 1.165) is 31.4 Å². The van der Waals surface area contributed by atoms with Crippen molar-refractivity contribution in [3.05, 3.63) is 82.0 Å². The number of benzene rings is 3. The Kier molecular flexibility index (Phi) is 7.18. The molecule has 0 saturated heterocycles. The Labute approximate surface area is 213 Å². The molecule has 1 amide bonds. The number of sulfonamides is 1. The Hall–Kier alpha value is -3.63. The standard InChI is InChI=1S/C26H27N3O5S2/c1-17(2)29-22-14-11-19(15-24(22)35-26(29)31)27-25(30)16-28(21-7-5-6-8-23(21)34-4)36(32,33)20-12-9-18(3)10-13-20/h5-15,17H,16H2,1-4H3,(H,27,30). The molecule has 10 heteroatoms. The molecule has 36 heavy (non-hydrogen) atoms. The van der Waals surface area contributed by atoms with E-state index in [4.69, 9.17) is 4.74 Å². The molecular formula is C26H27N3O5S2. The van der Waals surface area contributed by atoms with E-state index < -0.39 is 22.5 Å². The number of aromatic nitrogens is 1. The molecule has 0 radical (unpaired) electrons. The smallest absolute Gasteiger partial charge is 0.308 e. The predicted octanol–water partition coefficient (Wildman–Crippen LogP) is 4.79. The summed E-state index contributed by atoms with van der Waals surface area (Å²) in [5.41, 5.74) is 2.42. The van der Waals surface area contributed by atoms with Crippen LogP contribution in [0.25, 0.3) is 10.2 Å². The lowest BCUT2D eigenvalue weighted by molar-refractivity contribution is -0.114. The van der Waals surface area contributed by atoms with Gasteiger partial charge in [-0.1, -0.05) is 41.2 Å². The van der Waals surface area contributed by atoms with Gasteiger partial charge in [-0.05, 0) is 63.2 Å². The number of para-hydroxylation sites is 2. The Balaban J connectivity index is 1.68. The topological polar surface area (TPSA) is 97.7 Å². The van der Waals surface area contributed by atoms with E-state index in [0.29, 0.717) is 11.4 Å². The maximum absolute atomic E-state index is 13.6. The normalized spacial score (nSPS) is 11.6. The quantitative estimate of drug-likeness (QED) is 0.357. The van der Waals surface area contributed by atoms with Crippen LogP contribution in [0, 0.1) is 6.92 Å². The van der Waals surface area contributed by atoms with Crippen molar-refractivity contribution in [3.63, 3.8) is 0 Å². The number of thiazole rings is 1. The number of anilines is 2. The van der Waals surface area contributed by atoms with E-state index in [1.54, 1.807) is 59.2 Å². The molecule has 0 bridgehead atoms. The molecule has 1 N–H and O–H groups in total. The highest BCUT2D eigenvalue weighted by molar-refractivity contribution is 7.92. The van der Waals surface area contributed by atoms with Gasteiger partial charge in [0, 0.05) is 11.7 Å². The summed E-state index contributed by atoms with van der Waals surface area (Å²) in [5.74, 6) is -0.214. The molecule has 1 heterocycles. The van der Waals surface area contributed by atoms with Crippen LogP contribution in [0.2, 0.25) is 0 Å². The highest BCUT2D eigenvalue weighted by atomic mass is 32.2. The minimum absolute atomic E-state index is 0.00748. The fourth-order valence-corrected chi connectivity index (χ4v) is 6.39. The van der Waals surface area contributed by atoms with Gasteiger partial charge in [-0.2, -0.15) is 0 Å². The van der Waals surface area contributed by atoms with Gasteiger partial charge in [-0.15, -0.1) is 0 Å². The number of ether oxygens (including phenoxy) is 1. The van der Waals surface area contributed by atoms with Crippen molar-refractivity contribution in [2.45, 2.75) is 31.7 Å². The van der Waals surface area contributed by atoms with E-state index >= 15 is 0 Å². The zero-order valence-electron chi connectivity index (χ0n) is 20.4. The summed E-state index contributed by atoms with van der Waals surface area (Å²) in [7, 11) is -2.64. The number of rotatable bonds is 8. The number of fused-ring (bicyclic) bond motifs is 1. The molecule has 0 saturated carbocycles. The van der Waals surface area contributed by atoms with E-state index in [1.165, 1.54) is 19.2 Å². The van der Waals surface area contributed by atoms with Gasteiger partial charge in [0.15, 0.2) is 0 Å². The molecule has 188 valence electrons. The van der Waals surface area contributed by atoms with Gasteiger partial charge in [0.1, 0.15) is 12.3 Å². The van der Waals surface area contributed by atoms with Gasteiger partial charge in [0.05, 0.1) is 27.9 Å². The van der Waals surface area contributed by atoms with Crippen LogP contribution < -0.4 is 19.2 Å². The molecule has 0 spiro atoms. The molecule has 4 aromatic rings. The van der Waals surface area contributed by atoms with Gasteiger partial charge >= 0.3 is 4.87 Å². The lowest BCUT2D eigenvalue weighted by Gasteiger charge is -2.25. The van der Waals surface area contributed by atoms with Crippen molar-refractivity contribution in [3.8, 4) is 5.75 Å². The minimum Gasteiger partial charge on any atom is -0.495 e. The van der Waals surface area contributed by atoms with E-state index in [1.807, 2.05) is 20.8 Å². The molecule has 0 fully saturated rings. The van der Waals surface area contributed by atoms with Gasteiger partial charge in [-0.3, -0.25) is 18.5 Å². The SMILES string of the molecule is COc1ccccc1N(CC(=O)Nc1ccc2c(c1)sc(=O)n2C(C)C)S(=O)(=O)c1ccc(C)cc1. The molecule has 1 aromatic heterocycles. The Morgan fingerprint density at radius 1 is 1.08 bits per heavy atom. The lowest BCUT2D eigenvalue weighted by Crippen LogP contribution is -2.38. The van der Waals surface area contributed by atoms with E-state index in [2.05, 4.69) is 5.32 Å². The van der Waals surface area contributed by atoms with Gasteiger partial charge < -0.3 is 10.1 Å². The molecule has 0 aliphatic heterocycles. The Bertz CT molecular complexity index is 1570. The van der Waals surface area contributed by atoms with Crippen LogP contribution in [0.15, 0.2) is 76.4 Å². The van der Waals surface area contributed by atoms with Crippen LogP contribution in [0.4, 0.5) is 11.4 Å². The summed E-state index contributed by atoms with van der Waals surface area (Å²) in [5, 5.41) is 2.77. The first-order chi connectivity index (χ1) is 17.1. The average molecular weight is 526 g/mol. The van der Waals surface area contributed by atoms with Crippen molar-refractivity contribution in [2.24, 2.45) is 0 Å². The molecule has 0 aliphatic rings. The second-order valence-electron chi connectivity index (χ2n) is 8.56. The third kappa shape index (κ3) is 5.00. The summed E-state index contributed by atoms with van der Waals surface area (Å²) in [6, 6.07) is 18.3. The highest BCUT2D eigenvalue weighted by Crippen LogP contribution is 2.32. The number of nitrogens with zero attached hydrogens (tertiary/aromatic N) is 2. The fraction of sp³-hybridized carbons (Fsp3) is 0.231. The number of nitrogens with one attached hydrogen (secondary N) is 1.